The van der Waals surface area contributed by atoms with Gasteiger partial charge in [0.1, 0.15) is 6.29 Å². The van der Waals surface area contributed by atoms with Crippen LogP contribution in [0.2, 0.25) is 0 Å². The molecule has 1 fully saturated rings. The third kappa shape index (κ3) is 1.67. The summed E-state index contributed by atoms with van der Waals surface area (Å²) >= 11 is 0. The van der Waals surface area contributed by atoms with Gasteiger partial charge >= 0.3 is 0 Å². The van der Waals surface area contributed by atoms with Crippen LogP contribution in [0.3, 0.4) is 0 Å². The molecule has 1 unspecified atom stereocenters. The molecule has 0 N–H and O–H groups in total. The third-order valence-electron chi connectivity index (χ3n) is 1.99. The van der Waals surface area contributed by atoms with Crippen molar-refractivity contribution in [2.75, 3.05) is 13.6 Å². The summed E-state index contributed by atoms with van der Waals surface area (Å²) in [6, 6.07) is 0.505. The monoisotopic (exact) mass is 139 g/mol. The van der Waals surface area contributed by atoms with Crippen LogP contribution >= 0.6 is 0 Å². The van der Waals surface area contributed by atoms with E-state index in [1.165, 1.54) is 12.8 Å². The summed E-state index contributed by atoms with van der Waals surface area (Å²) in [6.07, 6.45) is 6.85. The fraction of sp³-hybridized carbons (Fsp3) is 0.625. The second-order valence-electron chi connectivity index (χ2n) is 2.71. The molecule has 0 saturated carbocycles. The molecule has 56 valence electrons. The second-order valence-corrected chi connectivity index (χ2v) is 2.71. The van der Waals surface area contributed by atoms with E-state index in [0.717, 1.165) is 12.8 Å². The summed E-state index contributed by atoms with van der Waals surface area (Å²) in [6.45, 7) is 1.16. The predicted octanol–water partition coefficient (Wildman–Crippen LogP) is 0.836. The number of aldehydes is 1. The molecule has 2 nitrogen and oxygen atoms in total. The Morgan fingerprint density at radius 3 is 2.90 bits per heavy atom. The van der Waals surface area contributed by atoms with Crippen LogP contribution in [0.25, 0.3) is 0 Å². The molecule has 1 aliphatic rings. The maximum atomic E-state index is 9.96. The van der Waals surface area contributed by atoms with Gasteiger partial charge in [-0.2, -0.15) is 0 Å². The van der Waals surface area contributed by atoms with Gasteiger partial charge in [-0.05, 0) is 32.5 Å². The summed E-state index contributed by atoms with van der Waals surface area (Å²) in [5.74, 6) is 0. The van der Waals surface area contributed by atoms with Crippen LogP contribution in [-0.2, 0) is 4.79 Å². The number of hydrogen-bond acceptors (Lipinski definition) is 2. The van der Waals surface area contributed by atoms with Crippen LogP contribution in [-0.4, -0.2) is 30.8 Å². The Morgan fingerprint density at radius 2 is 2.40 bits per heavy atom. The van der Waals surface area contributed by atoms with Crippen LogP contribution in [0.1, 0.15) is 12.8 Å². The molecule has 0 spiro atoms. The third-order valence-corrected chi connectivity index (χ3v) is 1.99. The maximum Gasteiger partial charge on any atom is 0.142 e. The molecule has 0 amide bonds. The first kappa shape index (κ1) is 7.48. The molecular formula is C8H13NO. The average Bonchev–Trinajstić information content (AvgIpc) is 2.31. The van der Waals surface area contributed by atoms with E-state index < -0.39 is 0 Å². The number of allylic oxidation sites excluding steroid dienone is 1. The van der Waals surface area contributed by atoms with Gasteiger partial charge in [0.15, 0.2) is 0 Å². The quantitative estimate of drug-likeness (QED) is 0.417. The van der Waals surface area contributed by atoms with E-state index in [1.807, 2.05) is 6.08 Å². The molecular weight excluding hydrogens is 126 g/mol. The van der Waals surface area contributed by atoms with Gasteiger partial charge in [0.05, 0.1) is 0 Å². The molecule has 0 bridgehead atoms. The number of hydrogen-bond donors (Lipinski definition) is 0. The number of rotatable bonds is 2. The normalized spacial score (nSPS) is 27.9. The predicted molar refractivity (Wildman–Crippen MR) is 40.9 cm³/mol. The first-order valence-electron chi connectivity index (χ1n) is 3.67. The van der Waals surface area contributed by atoms with E-state index in [2.05, 4.69) is 11.9 Å². The number of nitrogens with zero attached hydrogens (tertiary/aromatic N) is 1. The van der Waals surface area contributed by atoms with Crippen molar-refractivity contribution in [3.8, 4) is 0 Å². The van der Waals surface area contributed by atoms with Crippen molar-refractivity contribution < 1.29 is 4.79 Å². The zero-order chi connectivity index (χ0) is 7.40. The lowest BCUT2D eigenvalue weighted by molar-refractivity contribution is -0.104. The van der Waals surface area contributed by atoms with Crippen molar-refractivity contribution in [2.45, 2.75) is 18.9 Å². The molecule has 1 heterocycles. The van der Waals surface area contributed by atoms with Crippen molar-refractivity contribution in [2.24, 2.45) is 0 Å². The summed E-state index contributed by atoms with van der Waals surface area (Å²) in [7, 11) is 2.09. The molecule has 1 saturated heterocycles. The summed E-state index contributed by atoms with van der Waals surface area (Å²) in [5.41, 5.74) is 0. The molecule has 1 aliphatic heterocycles. The summed E-state index contributed by atoms with van der Waals surface area (Å²) in [5, 5.41) is 0. The van der Waals surface area contributed by atoms with Crippen molar-refractivity contribution in [1.29, 1.82) is 0 Å². The van der Waals surface area contributed by atoms with E-state index in [4.69, 9.17) is 0 Å². The minimum Gasteiger partial charge on any atom is -0.300 e. The molecule has 10 heavy (non-hydrogen) atoms. The van der Waals surface area contributed by atoms with Gasteiger partial charge in [0.25, 0.3) is 0 Å². The summed E-state index contributed by atoms with van der Waals surface area (Å²) in [4.78, 5) is 12.2. The van der Waals surface area contributed by atoms with E-state index in [-0.39, 0.29) is 0 Å². The highest BCUT2D eigenvalue weighted by Crippen LogP contribution is 2.14. The lowest BCUT2D eigenvalue weighted by Gasteiger charge is -2.13. The Bertz CT molecular complexity index is 142. The topological polar surface area (TPSA) is 20.3 Å². The number of carbonyl (C=O) groups is 1. The Hall–Kier alpha value is -0.630. The lowest BCUT2D eigenvalue weighted by atomic mass is 10.2. The minimum atomic E-state index is 0.505. The van der Waals surface area contributed by atoms with E-state index in [1.54, 1.807) is 6.08 Å². The highest BCUT2D eigenvalue weighted by molar-refractivity contribution is 5.64. The highest BCUT2D eigenvalue weighted by Gasteiger charge is 2.16. The molecule has 0 radical (unpaired) electrons. The van der Waals surface area contributed by atoms with E-state index in [9.17, 15) is 4.79 Å². The largest absolute Gasteiger partial charge is 0.300 e. The van der Waals surface area contributed by atoms with Gasteiger partial charge in [-0.25, -0.2) is 0 Å². The number of likely N-dealkylation sites (tertiary alicyclic amines) is 1. The number of likely N-dealkylation sites (N-methyl/N-ethyl adjacent to an activating group) is 1. The highest BCUT2D eigenvalue weighted by atomic mass is 16.1. The summed E-state index contributed by atoms with van der Waals surface area (Å²) < 4.78 is 0. The van der Waals surface area contributed by atoms with E-state index in [0.29, 0.717) is 6.04 Å². The van der Waals surface area contributed by atoms with Crippen LogP contribution < -0.4 is 0 Å². The van der Waals surface area contributed by atoms with Crippen LogP contribution in [0.4, 0.5) is 0 Å². The lowest BCUT2D eigenvalue weighted by Crippen LogP contribution is -2.22. The zero-order valence-corrected chi connectivity index (χ0v) is 6.29. The molecule has 0 aromatic carbocycles. The Kier molecular flexibility index (Phi) is 2.63. The minimum absolute atomic E-state index is 0.505. The molecule has 0 aromatic heterocycles. The van der Waals surface area contributed by atoms with E-state index >= 15 is 0 Å². The molecule has 1 rings (SSSR count). The van der Waals surface area contributed by atoms with Crippen molar-refractivity contribution in [3.63, 3.8) is 0 Å². The first-order valence-corrected chi connectivity index (χ1v) is 3.67. The van der Waals surface area contributed by atoms with Gasteiger partial charge in [-0.15, -0.1) is 0 Å². The van der Waals surface area contributed by atoms with Crippen molar-refractivity contribution in [1.82, 2.24) is 4.90 Å². The van der Waals surface area contributed by atoms with Gasteiger partial charge in [-0.3, -0.25) is 9.69 Å². The standard InChI is InChI=1S/C8H13NO/c1-9-6-2-4-8(9)5-3-7-10/h3,5,7-8H,2,4,6H2,1H3/b5-3-. The smallest absolute Gasteiger partial charge is 0.142 e. The van der Waals surface area contributed by atoms with Crippen LogP contribution in [0.15, 0.2) is 12.2 Å². The maximum absolute atomic E-state index is 9.96. The number of carbonyl (C=O) groups excluding carboxylic acids is 1. The Labute approximate surface area is 61.5 Å². The molecule has 0 aliphatic carbocycles. The van der Waals surface area contributed by atoms with Crippen LogP contribution in [0.5, 0.6) is 0 Å². The van der Waals surface area contributed by atoms with Gasteiger partial charge in [0.2, 0.25) is 0 Å². The first-order chi connectivity index (χ1) is 4.84. The zero-order valence-electron chi connectivity index (χ0n) is 6.29. The Morgan fingerprint density at radius 1 is 1.60 bits per heavy atom. The molecule has 1 atom stereocenters. The molecule has 0 aromatic rings. The van der Waals surface area contributed by atoms with Gasteiger partial charge < -0.3 is 0 Å². The molecule has 2 heteroatoms. The second kappa shape index (κ2) is 3.52. The fourth-order valence-corrected chi connectivity index (χ4v) is 1.35. The van der Waals surface area contributed by atoms with Gasteiger partial charge in [-0.1, -0.05) is 6.08 Å². The van der Waals surface area contributed by atoms with Crippen molar-refractivity contribution >= 4 is 6.29 Å². The SMILES string of the molecule is CN1CCCC1/C=C\C=O. The van der Waals surface area contributed by atoms with Crippen molar-refractivity contribution in [3.05, 3.63) is 12.2 Å². The average molecular weight is 139 g/mol. The Balaban J connectivity index is 2.39. The fourth-order valence-electron chi connectivity index (χ4n) is 1.35. The van der Waals surface area contributed by atoms with Gasteiger partial charge in [0, 0.05) is 6.04 Å². The van der Waals surface area contributed by atoms with Crippen LogP contribution in [0, 0.1) is 0 Å².